The zero-order valence-electron chi connectivity index (χ0n) is 10.9. The molecular formula is C15H21NO2. The zero-order valence-corrected chi connectivity index (χ0v) is 10.9. The molecule has 18 heavy (non-hydrogen) atoms. The largest absolute Gasteiger partial charge is 0.490 e. The molecule has 1 aromatic rings. The van der Waals surface area contributed by atoms with Crippen LogP contribution in [0.3, 0.4) is 0 Å². The number of methoxy groups -OCH3 is 1. The number of benzene rings is 1. The van der Waals surface area contributed by atoms with Gasteiger partial charge in [-0.2, -0.15) is 0 Å². The molecule has 0 aliphatic rings. The average Bonchev–Trinajstić information content (AvgIpc) is 2.42. The highest BCUT2D eigenvalue weighted by atomic mass is 16.5. The van der Waals surface area contributed by atoms with E-state index in [0.29, 0.717) is 6.61 Å². The molecule has 1 N–H and O–H groups in total. The van der Waals surface area contributed by atoms with Crippen LogP contribution in [0.5, 0.6) is 5.75 Å². The van der Waals surface area contributed by atoms with Crippen molar-refractivity contribution in [2.24, 2.45) is 0 Å². The van der Waals surface area contributed by atoms with Gasteiger partial charge in [-0.05, 0) is 17.7 Å². The fourth-order valence-corrected chi connectivity index (χ4v) is 1.38. The average molecular weight is 247 g/mol. The summed E-state index contributed by atoms with van der Waals surface area (Å²) in [5.41, 5.74) is 1.16. The van der Waals surface area contributed by atoms with E-state index in [1.807, 2.05) is 24.3 Å². The summed E-state index contributed by atoms with van der Waals surface area (Å²) in [6.45, 7) is 6.61. The van der Waals surface area contributed by atoms with Gasteiger partial charge in [0.05, 0.1) is 6.61 Å². The standard InChI is InChI=1S/C15H21NO2/c1-3-12-18-15-8-6-14(7-9-15)5-4-10-16-11-13-17-2/h3-9,16H,1,10-13H2,2H3. The van der Waals surface area contributed by atoms with E-state index in [4.69, 9.17) is 9.47 Å². The van der Waals surface area contributed by atoms with Crippen molar-refractivity contribution in [2.45, 2.75) is 0 Å². The lowest BCUT2D eigenvalue weighted by atomic mass is 10.2. The minimum Gasteiger partial charge on any atom is -0.490 e. The Bertz CT molecular complexity index is 357. The minimum absolute atomic E-state index is 0.540. The second-order valence-corrected chi connectivity index (χ2v) is 3.77. The first kappa shape index (κ1) is 14.5. The lowest BCUT2D eigenvalue weighted by Crippen LogP contribution is -2.18. The van der Waals surface area contributed by atoms with E-state index >= 15 is 0 Å². The highest BCUT2D eigenvalue weighted by Gasteiger charge is 1.91. The third kappa shape index (κ3) is 6.23. The maximum Gasteiger partial charge on any atom is 0.119 e. The molecule has 0 saturated heterocycles. The fraction of sp³-hybridized carbons (Fsp3) is 0.333. The first-order valence-electron chi connectivity index (χ1n) is 6.06. The molecule has 0 aliphatic carbocycles. The first-order valence-corrected chi connectivity index (χ1v) is 6.06. The summed E-state index contributed by atoms with van der Waals surface area (Å²) in [5, 5.41) is 3.25. The highest BCUT2D eigenvalue weighted by Crippen LogP contribution is 2.12. The number of ether oxygens (including phenoxy) is 2. The minimum atomic E-state index is 0.540. The SMILES string of the molecule is C=CCOc1ccc(C=CCNCCOC)cc1. The van der Waals surface area contributed by atoms with Crippen LogP contribution in [-0.4, -0.2) is 33.4 Å². The van der Waals surface area contributed by atoms with Gasteiger partial charge in [-0.15, -0.1) is 0 Å². The van der Waals surface area contributed by atoms with E-state index in [9.17, 15) is 0 Å². The van der Waals surface area contributed by atoms with E-state index in [-0.39, 0.29) is 0 Å². The van der Waals surface area contributed by atoms with E-state index in [2.05, 4.69) is 24.0 Å². The predicted octanol–water partition coefficient (Wildman–Crippen LogP) is 2.50. The summed E-state index contributed by atoms with van der Waals surface area (Å²) in [4.78, 5) is 0. The van der Waals surface area contributed by atoms with Crippen LogP contribution in [-0.2, 0) is 4.74 Å². The van der Waals surface area contributed by atoms with E-state index in [1.165, 1.54) is 0 Å². The van der Waals surface area contributed by atoms with Crippen molar-refractivity contribution < 1.29 is 9.47 Å². The molecule has 0 bridgehead atoms. The Morgan fingerprint density at radius 1 is 1.28 bits per heavy atom. The van der Waals surface area contributed by atoms with Crippen molar-refractivity contribution in [3.8, 4) is 5.75 Å². The lowest BCUT2D eigenvalue weighted by molar-refractivity contribution is 0.200. The Labute approximate surface area is 109 Å². The Hall–Kier alpha value is -1.58. The molecular weight excluding hydrogens is 226 g/mol. The van der Waals surface area contributed by atoms with Gasteiger partial charge in [0.1, 0.15) is 12.4 Å². The molecule has 0 amide bonds. The molecule has 0 aliphatic heterocycles. The first-order chi connectivity index (χ1) is 8.86. The van der Waals surface area contributed by atoms with Crippen LogP contribution < -0.4 is 10.1 Å². The number of hydrogen-bond acceptors (Lipinski definition) is 3. The predicted molar refractivity (Wildman–Crippen MR) is 75.9 cm³/mol. The maximum atomic E-state index is 5.41. The van der Waals surface area contributed by atoms with Crippen molar-refractivity contribution in [2.75, 3.05) is 33.4 Å². The highest BCUT2D eigenvalue weighted by molar-refractivity contribution is 5.50. The maximum absolute atomic E-state index is 5.41. The summed E-state index contributed by atoms with van der Waals surface area (Å²) in [7, 11) is 1.70. The van der Waals surface area contributed by atoms with Gasteiger partial charge in [0, 0.05) is 20.2 Å². The van der Waals surface area contributed by atoms with Gasteiger partial charge >= 0.3 is 0 Å². The molecule has 0 aromatic heterocycles. The van der Waals surface area contributed by atoms with Crippen molar-refractivity contribution in [1.82, 2.24) is 5.32 Å². The van der Waals surface area contributed by atoms with Gasteiger partial charge in [-0.1, -0.05) is 36.9 Å². The van der Waals surface area contributed by atoms with E-state index in [1.54, 1.807) is 13.2 Å². The van der Waals surface area contributed by atoms with E-state index in [0.717, 1.165) is 31.0 Å². The molecule has 98 valence electrons. The molecule has 0 unspecified atom stereocenters. The smallest absolute Gasteiger partial charge is 0.119 e. The Morgan fingerprint density at radius 2 is 2.06 bits per heavy atom. The van der Waals surface area contributed by atoms with Gasteiger partial charge in [0.15, 0.2) is 0 Å². The Kier molecular flexibility index (Phi) is 7.60. The third-order valence-corrected chi connectivity index (χ3v) is 2.30. The molecule has 3 nitrogen and oxygen atoms in total. The Morgan fingerprint density at radius 3 is 2.72 bits per heavy atom. The molecule has 3 heteroatoms. The molecule has 1 rings (SSSR count). The third-order valence-electron chi connectivity index (χ3n) is 2.30. The Balaban J connectivity index is 2.29. The van der Waals surface area contributed by atoms with Crippen LogP contribution >= 0.6 is 0 Å². The summed E-state index contributed by atoms with van der Waals surface area (Å²) in [6, 6.07) is 7.98. The van der Waals surface area contributed by atoms with Crippen LogP contribution in [0.15, 0.2) is 43.0 Å². The zero-order chi connectivity index (χ0) is 13.1. The number of nitrogens with one attached hydrogen (secondary N) is 1. The number of hydrogen-bond donors (Lipinski definition) is 1. The topological polar surface area (TPSA) is 30.5 Å². The van der Waals surface area contributed by atoms with Crippen LogP contribution in [0.4, 0.5) is 0 Å². The van der Waals surface area contributed by atoms with Crippen molar-refractivity contribution in [3.63, 3.8) is 0 Å². The summed E-state index contributed by atoms with van der Waals surface area (Å²) >= 11 is 0. The molecule has 0 atom stereocenters. The van der Waals surface area contributed by atoms with Crippen molar-refractivity contribution in [3.05, 3.63) is 48.6 Å². The van der Waals surface area contributed by atoms with Gasteiger partial charge < -0.3 is 14.8 Å². The van der Waals surface area contributed by atoms with Crippen LogP contribution in [0.2, 0.25) is 0 Å². The second kappa shape index (κ2) is 9.45. The molecule has 0 heterocycles. The van der Waals surface area contributed by atoms with E-state index < -0.39 is 0 Å². The van der Waals surface area contributed by atoms with Gasteiger partial charge in [-0.3, -0.25) is 0 Å². The molecule has 0 spiro atoms. The summed E-state index contributed by atoms with van der Waals surface area (Å²) in [6.07, 6.45) is 5.91. The summed E-state index contributed by atoms with van der Waals surface area (Å²) in [5.74, 6) is 0.866. The van der Waals surface area contributed by atoms with Crippen LogP contribution in [0.25, 0.3) is 6.08 Å². The fourth-order valence-electron chi connectivity index (χ4n) is 1.38. The molecule has 1 aromatic carbocycles. The van der Waals surface area contributed by atoms with Crippen molar-refractivity contribution in [1.29, 1.82) is 0 Å². The monoisotopic (exact) mass is 247 g/mol. The molecule has 0 saturated carbocycles. The van der Waals surface area contributed by atoms with Gasteiger partial charge in [0.2, 0.25) is 0 Å². The van der Waals surface area contributed by atoms with Crippen LogP contribution in [0, 0.1) is 0 Å². The molecule has 0 radical (unpaired) electrons. The van der Waals surface area contributed by atoms with Crippen molar-refractivity contribution >= 4 is 6.08 Å². The quantitative estimate of drug-likeness (QED) is 0.537. The van der Waals surface area contributed by atoms with Crippen LogP contribution in [0.1, 0.15) is 5.56 Å². The van der Waals surface area contributed by atoms with Gasteiger partial charge in [-0.25, -0.2) is 0 Å². The number of rotatable bonds is 9. The second-order valence-electron chi connectivity index (χ2n) is 3.77. The normalized spacial score (nSPS) is 10.7. The lowest BCUT2D eigenvalue weighted by Gasteiger charge is -2.03. The molecule has 0 fully saturated rings. The van der Waals surface area contributed by atoms with Gasteiger partial charge in [0.25, 0.3) is 0 Å². The summed E-state index contributed by atoms with van der Waals surface area (Å²) < 4.78 is 10.4.